The van der Waals surface area contributed by atoms with E-state index >= 15 is 0 Å². The third-order valence-corrected chi connectivity index (χ3v) is 3.25. The first-order valence-electron chi connectivity index (χ1n) is 5.23. The van der Waals surface area contributed by atoms with Gasteiger partial charge in [-0.15, -0.1) is 0 Å². The molecule has 0 aliphatic carbocycles. The number of rotatable bonds is 3. The van der Waals surface area contributed by atoms with Gasteiger partial charge in [0, 0.05) is 12.4 Å². The average Bonchev–Trinajstić information content (AvgIpc) is 2.34. The summed E-state index contributed by atoms with van der Waals surface area (Å²) in [6.07, 6.45) is 3.05. The number of aromatic nitrogens is 3. The van der Waals surface area contributed by atoms with Crippen molar-refractivity contribution < 1.29 is 9.90 Å². The number of aryl methyl sites for hydroxylation is 2. The van der Waals surface area contributed by atoms with Crippen LogP contribution < -0.4 is 0 Å². The second kappa shape index (κ2) is 5.14. The van der Waals surface area contributed by atoms with Crippen molar-refractivity contribution in [3.05, 3.63) is 41.5 Å². The van der Waals surface area contributed by atoms with Gasteiger partial charge in [0.1, 0.15) is 10.1 Å². The number of carboxylic acid groups (broad SMARTS) is 1. The molecule has 0 aliphatic rings. The van der Waals surface area contributed by atoms with Crippen LogP contribution in [-0.4, -0.2) is 26.0 Å². The highest BCUT2D eigenvalue weighted by atomic mass is 32.2. The predicted molar refractivity (Wildman–Crippen MR) is 66.8 cm³/mol. The summed E-state index contributed by atoms with van der Waals surface area (Å²) in [5.41, 5.74) is 1.84. The normalized spacial score (nSPS) is 10.3. The first kappa shape index (κ1) is 12.5. The van der Waals surface area contributed by atoms with E-state index in [0.717, 1.165) is 16.4 Å². The van der Waals surface area contributed by atoms with E-state index < -0.39 is 5.97 Å². The minimum absolute atomic E-state index is 0.173. The second-order valence-corrected chi connectivity index (χ2v) is 4.70. The smallest absolute Gasteiger partial charge is 0.337 e. The molecule has 1 N–H and O–H groups in total. The van der Waals surface area contributed by atoms with E-state index in [1.165, 1.54) is 24.0 Å². The molecule has 0 radical (unpaired) electrons. The van der Waals surface area contributed by atoms with E-state index in [9.17, 15) is 4.79 Å². The Balaban J connectivity index is 2.23. The highest BCUT2D eigenvalue weighted by molar-refractivity contribution is 7.99. The van der Waals surface area contributed by atoms with E-state index in [0.29, 0.717) is 5.03 Å². The molecule has 0 amide bonds. The molecule has 0 aliphatic heterocycles. The van der Waals surface area contributed by atoms with Crippen LogP contribution in [0, 0.1) is 13.8 Å². The zero-order valence-electron chi connectivity index (χ0n) is 9.91. The molecule has 0 unspecified atom stereocenters. The SMILES string of the molecule is Cc1cnc(C)c(Sc2ccc(C(=O)O)cn2)n1. The fourth-order valence-corrected chi connectivity index (χ4v) is 2.11. The van der Waals surface area contributed by atoms with Crippen molar-refractivity contribution in [2.24, 2.45) is 0 Å². The molecular weight excluding hydrogens is 250 g/mol. The van der Waals surface area contributed by atoms with Crippen molar-refractivity contribution in [2.75, 3.05) is 0 Å². The Morgan fingerprint density at radius 2 is 2.00 bits per heavy atom. The summed E-state index contributed by atoms with van der Waals surface area (Å²) in [4.78, 5) is 23.4. The van der Waals surface area contributed by atoms with Crippen LogP contribution in [0.5, 0.6) is 0 Å². The quantitative estimate of drug-likeness (QED) is 0.913. The molecule has 6 heteroatoms. The van der Waals surface area contributed by atoms with Crippen LogP contribution in [0.2, 0.25) is 0 Å². The highest BCUT2D eigenvalue weighted by Gasteiger charge is 2.07. The van der Waals surface area contributed by atoms with Crippen LogP contribution >= 0.6 is 11.8 Å². The summed E-state index contributed by atoms with van der Waals surface area (Å²) < 4.78 is 0. The molecule has 0 bridgehead atoms. The van der Waals surface area contributed by atoms with E-state index in [1.54, 1.807) is 12.3 Å². The van der Waals surface area contributed by atoms with Gasteiger partial charge in [0.25, 0.3) is 0 Å². The standard InChI is InChI=1S/C12H11N3O2S/c1-7-5-13-8(2)11(15-7)18-10-4-3-9(6-14-10)12(16)17/h3-6H,1-2H3,(H,16,17). The first-order chi connectivity index (χ1) is 8.56. The van der Waals surface area contributed by atoms with Gasteiger partial charge in [0.2, 0.25) is 0 Å². The number of hydrogen-bond acceptors (Lipinski definition) is 5. The van der Waals surface area contributed by atoms with Crippen LogP contribution in [0.4, 0.5) is 0 Å². The lowest BCUT2D eigenvalue weighted by Crippen LogP contribution is -1.97. The number of nitrogens with zero attached hydrogens (tertiary/aromatic N) is 3. The molecule has 0 spiro atoms. The van der Waals surface area contributed by atoms with Gasteiger partial charge in [-0.1, -0.05) is 0 Å². The van der Waals surface area contributed by atoms with Crippen molar-refractivity contribution in [1.29, 1.82) is 0 Å². The first-order valence-corrected chi connectivity index (χ1v) is 6.05. The molecule has 92 valence electrons. The fraction of sp³-hybridized carbons (Fsp3) is 0.167. The van der Waals surface area contributed by atoms with Crippen molar-refractivity contribution >= 4 is 17.7 Å². The maximum Gasteiger partial charge on any atom is 0.337 e. The van der Waals surface area contributed by atoms with Crippen LogP contribution in [0.3, 0.4) is 0 Å². The maximum atomic E-state index is 10.7. The topological polar surface area (TPSA) is 76.0 Å². The van der Waals surface area contributed by atoms with Crippen molar-refractivity contribution in [1.82, 2.24) is 15.0 Å². The van der Waals surface area contributed by atoms with Crippen LogP contribution in [0.25, 0.3) is 0 Å². The summed E-state index contributed by atoms with van der Waals surface area (Å²) >= 11 is 1.37. The van der Waals surface area contributed by atoms with Crippen LogP contribution in [-0.2, 0) is 0 Å². The minimum Gasteiger partial charge on any atom is -0.478 e. The van der Waals surface area contributed by atoms with Gasteiger partial charge in [-0.25, -0.2) is 14.8 Å². The molecule has 2 heterocycles. The van der Waals surface area contributed by atoms with Crippen molar-refractivity contribution in [3.8, 4) is 0 Å². The molecule has 0 fully saturated rings. The minimum atomic E-state index is -0.981. The summed E-state index contributed by atoms with van der Waals surface area (Å²) in [5, 5.41) is 10.3. The largest absolute Gasteiger partial charge is 0.478 e. The summed E-state index contributed by atoms with van der Waals surface area (Å²) in [6, 6.07) is 3.19. The molecule has 18 heavy (non-hydrogen) atoms. The highest BCUT2D eigenvalue weighted by Crippen LogP contribution is 2.26. The van der Waals surface area contributed by atoms with E-state index in [1.807, 2.05) is 13.8 Å². The Labute approximate surface area is 108 Å². The lowest BCUT2D eigenvalue weighted by molar-refractivity contribution is 0.0696. The molecule has 0 saturated carbocycles. The summed E-state index contributed by atoms with van der Waals surface area (Å²) in [5.74, 6) is -0.981. The van der Waals surface area contributed by atoms with Gasteiger partial charge in [-0.2, -0.15) is 0 Å². The number of aromatic carboxylic acids is 1. The Morgan fingerprint density at radius 1 is 1.22 bits per heavy atom. The van der Waals surface area contributed by atoms with Gasteiger partial charge in [-0.3, -0.25) is 4.98 Å². The van der Waals surface area contributed by atoms with Gasteiger partial charge in [-0.05, 0) is 37.7 Å². The lowest BCUT2D eigenvalue weighted by Gasteiger charge is -2.04. The molecule has 5 nitrogen and oxygen atoms in total. The van der Waals surface area contributed by atoms with Crippen LogP contribution in [0.15, 0.2) is 34.6 Å². The van der Waals surface area contributed by atoms with Gasteiger partial charge < -0.3 is 5.11 Å². The Kier molecular flexibility index (Phi) is 3.57. The van der Waals surface area contributed by atoms with E-state index in [-0.39, 0.29) is 5.56 Å². The Bertz CT molecular complexity index is 584. The van der Waals surface area contributed by atoms with Gasteiger partial charge in [0.05, 0.1) is 17.0 Å². The number of carboxylic acids is 1. The van der Waals surface area contributed by atoms with Crippen molar-refractivity contribution in [2.45, 2.75) is 23.9 Å². The van der Waals surface area contributed by atoms with Gasteiger partial charge in [0.15, 0.2) is 0 Å². The molecule has 0 atom stereocenters. The number of hydrogen-bond donors (Lipinski definition) is 1. The predicted octanol–water partition coefficient (Wildman–Crippen LogP) is 2.34. The molecule has 0 saturated heterocycles. The molecule has 2 aromatic heterocycles. The fourth-order valence-electron chi connectivity index (χ4n) is 1.28. The third-order valence-electron chi connectivity index (χ3n) is 2.22. The summed E-state index contributed by atoms with van der Waals surface area (Å²) in [6.45, 7) is 3.75. The Morgan fingerprint density at radius 3 is 2.61 bits per heavy atom. The van der Waals surface area contributed by atoms with Crippen LogP contribution in [0.1, 0.15) is 21.7 Å². The van der Waals surface area contributed by atoms with E-state index in [2.05, 4.69) is 15.0 Å². The molecule has 2 rings (SSSR count). The number of pyridine rings is 1. The lowest BCUT2D eigenvalue weighted by atomic mass is 10.3. The van der Waals surface area contributed by atoms with Crippen molar-refractivity contribution in [3.63, 3.8) is 0 Å². The average molecular weight is 261 g/mol. The second-order valence-electron chi connectivity index (χ2n) is 3.69. The zero-order valence-corrected chi connectivity index (χ0v) is 10.7. The maximum absolute atomic E-state index is 10.7. The molecule has 0 aromatic carbocycles. The van der Waals surface area contributed by atoms with E-state index in [4.69, 9.17) is 5.11 Å². The molecule has 2 aromatic rings. The summed E-state index contributed by atoms with van der Waals surface area (Å²) in [7, 11) is 0. The Hall–Kier alpha value is -1.95. The monoisotopic (exact) mass is 261 g/mol. The van der Waals surface area contributed by atoms with Gasteiger partial charge >= 0.3 is 5.97 Å². The number of carbonyl (C=O) groups is 1. The zero-order chi connectivity index (χ0) is 13.1. The molecular formula is C12H11N3O2S. The third kappa shape index (κ3) is 2.84.